The lowest BCUT2D eigenvalue weighted by atomic mass is 9.91. The molecule has 8 aromatic rings. The fourth-order valence-electron chi connectivity index (χ4n) is 16.0. The molecule has 9 heterocycles. The van der Waals surface area contributed by atoms with Gasteiger partial charge in [-0.25, -0.2) is 20.0 Å². The summed E-state index contributed by atoms with van der Waals surface area (Å²) in [7, 11) is 0. The monoisotopic (exact) mass is 1210 g/mol. The molecule has 0 unspecified atom stereocenters. The number of rotatable bonds is 12. The Labute approximate surface area is 542 Å². The van der Waals surface area contributed by atoms with Crippen LogP contribution in [0.2, 0.25) is 0 Å². The van der Waals surface area contributed by atoms with Crippen LogP contribution < -0.4 is 32.1 Å². The fraction of sp³-hybridized carbons (Fsp3) is 0.286. The molecule has 16 bridgehead atoms. The molecule has 0 radical (unpaired) electrons. The van der Waals surface area contributed by atoms with E-state index >= 15 is 0 Å². The second-order valence-corrected chi connectivity index (χ2v) is 25.4. The van der Waals surface area contributed by atoms with Gasteiger partial charge in [0.1, 0.15) is 0 Å². The minimum absolute atomic E-state index is 0.799. The molecule has 5 aliphatic heterocycles. The highest BCUT2D eigenvalue weighted by atomic mass is 14.9. The number of aliphatic imine (C=N–C) groups is 4. The van der Waals surface area contributed by atoms with Crippen LogP contribution in [-0.4, -0.2) is 42.8 Å². The second kappa shape index (κ2) is 24.7. The molecule has 5 aliphatic rings. The smallest absolute Gasteiger partial charge is 0.0929 e. The van der Waals surface area contributed by atoms with E-state index in [0.29, 0.717) is 0 Å². The lowest BCUT2D eigenvalue weighted by Crippen LogP contribution is -2.22. The molecule has 0 saturated heterocycles. The minimum Gasteiger partial charge on any atom is -0.353 e. The van der Waals surface area contributed by atoms with Gasteiger partial charge in [-0.1, -0.05) is 177 Å². The Balaban J connectivity index is 1.28. The minimum atomic E-state index is 0.799. The zero-order valence-electron chi connectivity index (χ0n) is 57.0. The molecule has 4 aromatic carbocycles. The summed E-state index contributed by atoms with van der Waals surface area (Å²) in [6.07, 6.45) is 6.52. The van der Waals surface area contributed by atoms with E-state index in [9.17, 15) is 0 Å². The van der Waals surface area contributed by atoms with Crippen molar-refractivity contribution in [1.82, 2.24) is 19.9 Å². The van der Waals surface area contributed by atoms with Gasteiger partial charge in [0.15, 0.2) is 0 Å². The van der Waals surface area contributed by atoms with E-state index in [1.54, 1.807) is 0 Å². The maximum absolute atomic E-state index is 5.96. The second-order valence-electron chi connectivity index (χ2n) is 25.4. The SMILES string of the molecule is CCC1=C(C)C2=C3N=C(C(CC)=C3C)C(c3ccccc3)=c3[nH]c(c(C)c3CC)=C3N=C(C(CC)=C3C)C(c3ccccc3)=c3[nH]c(c(C)c3CC)=c3[nH]c(c(CC)c3C)=C(c3ccccc3)C3=NC(=c4[nH]c(c(CC)c4C)=C(c4ccccc4)C1=N2)C(C)=C3CC. The molecular weight excluding hydrogens is 1120 g/mol. The van der Waals surface area contributed by atoms with Crippen LogP contribution in [0, 0.1) is 38.4 Å². The van der Waals surface area contributed by atoms with Crippen LogP contribution in [0.15, 0.2) is 197 Å². The quantitative estimate of drug-likeness (QED) is 0.0934. The molecule has 0 amide bonds. The van der Waals surface area contributed by atoms with E-state index < -0.39 is 0 Å². The van der Waals surface area contributed by atoms with Crippen LogP contribution in [0.25, 0.3) is 33.7 Å². The number of aromatic amines is 4. The summed E-state index contributed by atoms with van der Waals surface area (Å²) in [4.78, 5) is 40.6. The maximum atomic E-state index is 5.96. The summed E-state index contributed by atoms with van der Waals surface area (Å²) in [5.41, 5.74) is 36.4. The molecule has 464 valence electrons. The summed E-state index contributed by atoms with van der Waals surface area (Å²) in [6, 6.07) is 43.8. The Morgan fingerprint density at radius 1 is 0.239 bits per heavy atom. The zero-order valence-corrected chi connectivity index (χ0v) is 57.0. The number of aromatic nitrogens is 4. The van der Waals surface area contributed by atoms with Crippen LogP contribution in [0.3, 0.4) is 0 Å². The van der Waals surface area contributed by atoms with E-state index in [0.717, 1.165) is 195 Å². The summed E-state index contributed by atoms with van der Waals surface area (Å²) in [5.74, 6) is 0. The topological polar surface area (TPSA) is 113 Å². The molecule has 13 rings (SSSR count). The first-order chi connectivity index (χ1) is 44.7. The Morgan fingerprint density at radius 2 is 0.446 bits per heavy atom. The number of hydrogen-bond donors (Lipinski definition) is 4. The van der Waals surface area contributed by atoms with Crippen LogP contribution >= 0.6 is 0 Å². The van der Waals surface area contributed by atoms with Gasteiger partial charge in [-0.15, -0.1) is 0 Å². The van der Waals surface area contributed by atoms with E-state index in [4.69, 9.17) is 20.0 Å². The Hall–Kier alpha value is -9.40. The van der Waals surface area contributed by atoms with Gasteiger partial charge in [0, 0.05) is 22.3 Å². The Bertz CT molecular complexity index is 4930. The summed E-state index contributed by atoms with van der Waals surface area (Å²) < 4.78 is 0. The van der Waals surface area contributed by atoms with Gasteiger partial charge < -0.3 is 19.9 Å². The van der Waals surface area contributed by atoms with Crippen molar-refractivity contribution in [3.8, 4) is 0 Å². The van der Waals surface area contributed by atoms with Gasteiger partial charge in [-0.2, -0.15) is 0 Å². The Morgan fingerprint density at radius 3 is 0.674 bits per heavy atom. The molecule has 8 heteroatoms. The number of benzene rings is 4. The highest BCUT2D eigenvalue weighted by Gasteiger charge is 2.35. The molecule has 92 heavy (non-hydrogen) atoms. The van der Waals surface area contributed by atoms with E-state index in [-0.39, 0.29) is 0 Å². The lowest BCUT2D eigenvalue weighted by Gasteiger charge is -2.12. The molecule has 0 aliphatic carbocycles. The average Bonchev–Trinajstić information content (AvgIpc) is 1.60. The van der Waals surface area contributed by atoms with Gasteiger partial charge in [0.05, 0.1) is 88.4 Å². The van der Waals surface area contributed by atoms with Crippen molar-refractivity contribution < 1.29 is 0 Å². The van der Waals surface area contributed by atoms with Gasteiger partial charge in [0.25, 0.3) is 0 Å². The van der Waals surface area contributed by atoms with Crippen LogP contribution in [-0.2, 0) is 25.7 Å². The van der Waals surface area contributed by atoms with Crippen LogP contribution in [0.5, 0.6) is 0 Å². The molecule has 0 saturated carbocycles. The van der Waals surface area contributed by atoms with Gasteiger partial charge in [-0.3, -0.25) is 0 Å². The third-order valence-electron chi connectivity index (χ3n) is 20.8. The number of allylic oxidation sites excluding steroid dienone is 6. The van der Waals surface area contributed by atoms with Crippen LogP contribution in [0.4, 0.5) is 0 Å². The van der Waals surface area contributed by atoms with Gasteiger partial charge in [-0.05, 0) is 218 Å². The van der Waals surface area contributed by atoms with E-state index in [1.807, 2.05) is 0 Å². The first-order valence-corrected chi connectivity index (χ1v) is 33.9. The number of nitrogens with one attached hydrogen (secondary N) is 4. The summed E-state index contributed by atoms with van der Waals surface area (Å²) >= 11 is 0. The normalized spacial score (nSPS) is 16.1. The highest BCUT2D eigenvalue weighted by molar-refractivity contribution is 6.37. The van der Waals surface area contributed by atoms with Gasteiger partial charge in [0.2, 0.25) is 0 Å². The highest BCUT2D eigenvalue weighted by Crippen LogP contribution is 2.42. The molecule has 4 aromatic heterocycles. The van der Waals surface area contributed by atoms with Gasteiger partial charge >= 0.3 is 0 Å². The van der Waals surface area contributed by atoms with Crippen molar-refractivity contribution in [3.05, 3.63) is 287 Å². The number of nitrogens with zero attached hydrogens (tertiary/aromatic N) is 4. The molecule has 0 atom stereocenters. The fourth-order valence-corrected chi connectivity index (χ4v) is 16.0. The number of fused-ring (bicyclic) bond motifs is 12. The average molecular weight is 1210 g/mol. The summed E-state index contributed by atoms with van der Waals surface area (Å²) in [6.45, 7) is 36.7. The lowest BCUT2D eigenvalue weighted by molar-refractivity contribution is 1.10. The van der Waals surface area contributed by atoms with Crippen LogP contribution in [0.1, 0.15) is 176 Å². The first-order valence-electron chi connectivity index (χ1n) is 33.9. The van der Waals surface area contributed by atoms with E-state index in [2.05, 4.69) is 252 Å². The summed E-state index contributed by atoms with van der Waals surface area (Å²) in [5, 5.41) is 8.69. The third-order valence-corrected chi connectivity index (χ3v) is 20.8. The Kier molecular flexibility index (Phi) is 16.5. The molecular formula is C84H88N8. The van der Waals surface area contributed by atoms with Crippen molar-refractivity contribution in [2.24, 2.45) is 20.0 Å². The molecule has 4 N–H and O–H groups in total. The largest absolute Gasteiger partial charge is 0.353 e. The van der Waals surface area contributed by atoms with Crippen molar-refractivity contribution in [1.29, 1.82) is 0 Å². The van der Waals surface area contributed by atoms with Crippen molar-refractivity contribution in [2.45, 2.75) is 162 Å². The molecule has 8 nitrogen and oxygen atoms in total. The first kappa shape index (κ1) is 61.5. The predicted octanol–water partition coefficient (Wildman–Crippen LogP) is 15.1. The van der Waals surface area contributed by atoms with E-state index in [1.165, 1.54) is 77.9 Å². The van der Waals surface area contributed by atoms with Crippen molar-refractivity contribution in [2.75, 3.05) is 0 Å². The predicted molar refractivity (Wildman–Crippen MR) is 386 cm³/mol. The zero-order chi connectivity index (χ0) is 64.5. The number of H-pyrrole nitrogens is 4. The van der Waals surface area contributed by atoms with Crippen molar-refractivity contribution >= 4 is 56.5 Å². The molecule has 0 spiro atoms. The number of hydrogen-bond acceptors (Lipinski definition) is 4. The standard InChI is InChI=1S/C84H88N8/c1-17-57-45(9)69-70-46(10)59(19-3)79(86-70)66(54-39-31-26-32-40-54)80-61(21-5)49(13)73(89-80)74-50(14)63(23-7)83(90-74)68(56-43-35-28-36-44-56)84-64(24-8)52(16)76(92-84)75-51(15)62(22-6)82(91-75)67(55-41-33-27-34-42-55)81-60(20-4)48(12)72(88-81)71-47(11)58(18-2)78(87-71)65(77(57)85-69)53-37-29-25-30-38-53/h25-44,85-86,88,90H,17-24H2,1-16H3. The van der Waals surface area contributed by atoms with Crippen molar-refractivity contribution in [3.63, 3.8) is 0 Å². The maximum Gasteiger partial charge on any atom is 0.0929 e. The molecule has 0 fully saturated rings. The third kappa shape index (κ3) is 9.60.